The molecule has 1 aliphatic rings. The zero-order valence-electron chi connectivity index (χ0n) is 12.6. The van der Waals surface area contributed by atoms with E-state index in [0.29, 0.717) is 23.2 Å². The van der Waals surface area contributed by atoms with Gasteiger partial charge < -0.3 is 10.2 Å². The van der Waals surface area contributed by atoms with Crippen molar-refractivity contribution in [3.8, 4) is 5.69 Å². The second kappa shape index (κ2) is 7.72. The van der Waals surface area contributed by atoms with Gasteiger partial charge in [0.15, 0.2) is 0 Å². The minimum atomic E-state index is -0.0341. The number of piperidine rings is 1. The monoisotopic (exact) mass is 356 g/mol. The van der Waals surface area contributed by atoms with Crippen LogP contribution in [0.3, 0.4) is 0 Å². The molecule has 0 spiro atoms. The Morgan fingerprint density at radius 1 is 1.43 bits per heavy atom. The van der Waals surface area contributed by atoms with E-state index in [-0.39, 0.29) is 18.3 Å². The van der Waals surface area contributed by atoms with Crippen molar-refractivity contribution >= 4 is 29.9 Å². The first kappa shape index (κ1) is 17.7. The second-order valence-corrected chi connectivity index (χ2v) is 5.70. The average molecular weight is 357 g/mol. The number of nitrogens with zero attached hydrogens (tertiary/aromatic N) is 5. The number of tetrazole rings is 1. The van der Waals surface area contributed by atoms with Gasteiger partial charge in [0.2, 0.25) is 0 Å². The molecule has 1 aromatic carbocycles. The molecule has 9 heteroatoms. The van der Waals surface area contributed by atoms with Crippen molar-refractivity contribution in [2.45, 2.75) is 18.9 Å². The summed E-state index contributed by atoms with van der Waals surface area (Å²) < 4.78 is 1.50. The number of likely N-dealkylation sites (N-methyl/N-ethyl adjacent to an activating group) is 1. The van der Waals surface area contributed by atoms with E-state index in [4.69, 9.17) is 11.6 Å². The molecule has 1 unspecified atom stereocenters. The summed E-state index contributed by atoms with van der Waals surface area (Å²) in [6.07, 6.45) is 3.57. The molecule has 0 aliphatic carbocycles. The summed E-state index contributed by atoms with van der Waals surface area (Å²) >= 11 is 6.29. The van der Waals surface area contributed by atoms with Crippen LogP contribution >= 0.6 is 24.0 Å². The molecule has 0 bridgehead atoms. The van der Waals surface area contributed by atoms with Gasteiger partial charge in [0.1, 0.15) is 6.33 Å². The van der Waals surface area contributed by atoms with Crippen molar-refractivity contribution < 1.29 is 4.79 Å². The number of aromatic nitrogens is 4. The van der Waals surface area contributed by atoms with Crippen LogP contribution in [-0.4, -0.2) is 57.2 Å². The fourth-order valence-corrected chi connectivity index (χ4v) is 2.92. The molecule has 0 radical (unpaired) electrons. The van der Waals surface area contributed by atoms with Crippen molar-refractivity contribution in [1.29, 1.82) is 0 Å². The van der Waals surface area contributed by atoms with Crippen molar-refractivity contribution in [2.75, 3.05) is 20.1 Å². The third-order valence-electron chi connectivity index (χ3n) is 3.91. The Morgan fingerprint density at radius 2 is 2.26 bits per heavy atom. The lowest BCUT2D eigenvalue weighted by atomic mass is 10.0. The Morgan fingerprint density at radius 3 is 2.91 bits per heavy atom. The number of hydrogen-bond donors (Lipinski definition) is 1. The lowest BCUT2D eigenvalue weighted by Gasteiger charge is -2.32. The molecule has 23 heavy (non-hydrogen) atoms. The zero-order valence-corrected chi connectivity index (χ0v) is 14.2. The molecule has 1 atom stereocenters. The van der Waals surface area contributed by atoms with Gasteiger partial charge in [0.25, 0.3) is 5.91 Å². The largest absolute Gasteiger partial charge is 0.337 e. The number of halogens is 2. The zero-order chi connectivity index (χ0) is 15.5. The summed E-state index contributed by atoms with van der Waals surface area (Å²) in [5, 5.41) is 14.6. The Kier molecular flexibility index (Phi) is 5.92. The molecule has 2 aromatic rings. The highest BCUT2D eigenvalue weighted by Gasteiger charge is 2.25. The van der Waals surface area contributed by atoms with E-state index in [0.717, 1.165) is 25.1 Å². The smallest absolute Gasteiger partial charge is 0.255 e. The molecule has 1 saturated heterocycles. The molecular formula is C14H18Cl2N6O. The van der Waals surface area contributed by atoms with Crippen LogP contribution < -0.4 is 5.32 Å². The summed E-state index contributed by atoms with van der Waals surface area (Å²) in [5.41, 5.74) is 1.23. The number of carbonyl (C=O) groups is 1. The molecule has 1 aliphatic heterocycles. The summed E-state index contributed by atoms with van der Waals surface area (Å²) in [4.78, 5) is 14.5. The van der Waals surface area contributed by atoms with Crippen LogP contribution in [0.15, 0.2) is 24.5 Å². The molecule has 1 amide bonds. The minimum absolute atomic E-state index is 0. The number of nitrogens with one attached hydrogen (secondary N) is 1. The van der Waals surface area contributed by atoms with Crippen molar-refractivity contribution in [2.24, 2.45) is 0 Å². The molecule has 1 fully saturated rings. The maximum atomic E-state index is 12.6. The maximum Gasteiger partial charge on any atom is 0.255 e. The number of hydrogen-bond acceptors (Lipinski definition) is 5. The van der Waals surface area contributed by atoms with Crippen LogP contribution in [0.1, 0.15) is 23.2 Å². The second-order valence-electron chi connectivity index (χ2n) is 5.30. The molecule has 3 rings (SSSR count). The number of rotatable bonds is 3. The molecule has 2 heterocycles. The van der Waals surface area contributed by atoms with Crippen LogP contribution in [0.5, 0.6) is 0 Å². The van der Waals surface area contributed by atoms with Crippen LogP contribution in [0.25, 0.3) is 5.69 Å². The third-order valence-corrected chi connectivity index (χ3v) is 4.23. The van der Waals surface area contributed by atoms with Gasteiger partial charge in [-0.1, -0.05) is 11.6 Å². The lowest BCUT2D eigenvalue weighted by Crippen LogP contribution is -2.47. The number of benzene rings is 1. The van der Waals surface area contributed by atoms with Gasteiger partial charge in [0.05, 0.1) is 16.3 Å². The van der Waals surface area contributed by atoms with E-state index >= 15 is 0 Å². The first-order valence-electron chi connectivity index (χ1n) is 7.18. The number of amides is 1. The van der Waals surface area contributed by atoms with Crippen molar-refractivity contribution in [1.82, 2.24) is 30.4 Å². The maximum absolute atomic E-state index is 12.6. The van der Waals surface area contributed by atoms with E-state index in [1.807, 2.05) is 11.9 Å². The molecule has 1 N–H and O–H groups in total. The SMILES string of the molecule is CNC1CCCN(C(=O)c2ccc(-n3cnnn3)cc2Cl)C1.Cl. The topological polar surface area (TPSA) is 75.9 Å². The Labute approximate surface area is 145 Å². The number of carbonyl (C=O) groups excluding carboxylic acids is 1. The fraction of sp³-hybridized carbons (Fsp3) is 0.429. The highest BCUT2D eigenvalue weighted by molar-refractivity contribution is 6.34. The third kappa shape index (κ3) is 3.80. The molecular weight excluding hydrogens is 339 g/mol. The first-order valence-corrected chi connectivity index (χ1v) is 7.56. The van der Waals surface area contributed by atoms with Crippen LogP contribution in [-0.2, 0) is 0 Å². The van der Waals surface area contributed by atoms with E-state index in [2.05, 4.69) is 20.8 Å². The molecule has 0 saturated carbocycles. The van der Waals surface area contributed by atoms with Crippen molar-refractivity contribution in [3.05, 3.63) is 35.1 Å². The quantitative estimate of drug-likeness (QED) is 0.902. The predicted octanol–water partition coefficient (Wildman–Crippen LogP) is 1.56. The fourth-order valence-electron chi connectivity index (χ4n) is 2.67. The van der Waals surface area contributed by atoms with Gasteiger partial charge in [-0.3, -0.25) is 4.79 Å². The summed E-state index contributed by atoms with van der Waals surface area (Å²) in [7, 11) is 1.92. The van der Waals surface area contributed by atoms with Gasteiger partial charge in [-0.05, 0) is 48.5 Å². The predicted molar refractivity (Wildman–Crippen MR) is 89.4 cm³/mol. The van der Waals surface area contributed by atoms with Gasteiger partial charge in [-0.2, -0.15) is 0 Å². The summed E-state index contributed by atoms with van der Waals surface area (Å²) in [6.45, 7) is 1.47. The highest BCUT2D eigenvalue weighted by Crippen LogP contribution is 2.23. The van der Waals surface area contributed by atoms with Crippen LogP contribution in [0.4, 0.5) is 0 Å². The van der Waals surface area contributed by atoms with E-state index in [1.54, 1.807) is 18.2 Å². The van der Waals surface area contributed by atoms with Crippen LogP contribution in [0, 0.1) is 0 Å². The van der Waals surface area contributed by atoms with Gasteiger partial charge in [0, 0.05) is 19.1 Å². The van der Waals surface area contributed by atoms with Gasteiger partial charge in [-0.15, -0.1) is 17.5 Å². The highest BCUT2D eigenvalue weighted by atomic mass is 35.5. The number of likely N-dealkylation sites (tertiary alicyclic amines) is 1. The molecule has 124 valence electrons. The Bertz CT molecular complexity index is 663. The molecule has 1 aromatic heterocycles. The summed E-state index contributed by atoms with van der Waals surface area (Å²) in [6, 6.07) is 5.56. The normalized spacial score (nSPS) is 17.7. The van der Waals surface area contributed by atoms with E-state index < -0.39 is 0 Å². The average Bonchev–Trinajstić information content (AvgIpc) is 3.08. The van der Waals surface area contributed by atoms with Gasteiger partial charge in [-0.25, -0.2) is 4.68 Å². The molecule has 7 nitrogen and oxygen atoms in total. The first-order chi connectivity index (χ1) is 10.7. The summed E-state index contributed by atoms with van der Waals surface area (Å²) in [5.74, 6) is -0.0341. The van der Waals surface area contributed by atoms with Gasteiger partial charge >= 0.3 is 0 Å². The minimum Gasteiger partial charge on any atom is -0.337 e. The van der Waals surface area contributed by atoms with E-state index in [9.17, 15) is 4.79 Å². The Hall–Kier alpha value is -1.70. The van der Waals surface area contributed by atoms with Crippen LogP contribution in [0.2, 0.25) is 5.02 Å². The Balaban J connectivity index is 0.00000192. The van der Waals surface area contributed by atoms with E-state index in [1.165, 1.54) is 11.0 Å². The van der Waals surface area contributed by atoms with Crippen molar-refractivity contribution in [3.63, 3.8) is 0 Å². The lowest BCUT2D eigenvalue weighted by molar-refractivity contribution is 0.0698. The standard InChI is InChI=1S/C14H17ClN6O.ClH/c1-16-10-3-2-6-20(8-10)14(22)12-5-4-11(7-13(12)15)21-9-17-18-19-21;/h4-5,7,9-10,16H,2-3,6,8H2,1H3;1H.